The molecule has 0 aromatic heterocycles. The third-order valence-electron chi connectivity index (χ3n) is 1.93. The molecule has 0 aliphatic carbocycles. The Labute approximate surface area is 91.0 Å². The number of rotatable bonds is 6. The molecule has 5 heteroatoms. The number of nitrogens with one attached hydrogen (secondary N) is 3. The Balaban J connectivity index is 3.74. The van der Waals surface area contributed by atoms with Crippen molar-refractivity contribution in [2.75, 3.05) is 20.1 Å². The van der Waals surface area contributed by atoms with Crippen molar-refractivity contribution in [1.82, 2.24) is 16.0 Å². The SMILES string of the molecule is CNC(=O)CNC(C)C(=O)NCC(C)C. The zero-order valence-electron chi connectivity index (χ0n) is 9.89. The lowest BCUT2D eigenvalue weighted by Crippen LogP contribution is -2.46. The van der Waals surface area contributed by atoms with Gasteiger partial charge in [0.2, 0.25) is 11.8 Å². The smallest absolute Gasteiger partial charge is 0.236 e. The average Bonchev–Trinajstić information content (AvgIpc) is 2.21. The zero-order chi connectivity index (χ0) is 11.8. The summed E-state index contributed by atoms with van der Waals surface area (Å²) in [6.45, 7) is 6.61. The molecule has 0 spiro atoms. The van der Waals surface area contributed by atoms with E-state index in [2.05, 4.69) is 16.0 Å². The summed E-state index contributed by atoms with van der Waals surface area (Å²) < 4.78 is 0. The topological polar surface area (TPSA) is 70.2 Å². The molecule has 0 aromatic carbocycles. The number of carbonyl (C=O) groups is 2. The van der Waals surface area contributed by atoms with Crippen molar-refractivity contribution in [1.29, 1.82) is 0 Å². The van der Waals surface area contributed by atoms with Crippen LogP contribution in [0.2, 0.25) is 0 Å². The molecule has 0 radical (unpaired) electrons. The normalized spacial score (nSPS) is 12.3. The predicted octanol–water partition coefficient (Wildman–Crippen LogP) is -0.517. The van der Waals surface area contributed by atoms with Gasteiger partial charge in [-0.05, 0) is 12.8 Å². The third kappa shape index (κ3) is 6.90. The second kappa shape index (κ2) is 7.23. The van der Waals surface area contributed by atoms with Crippen molar-refractivity contribution in [2.45, 2.75) is 26.8 Å². The van der Waals surface area contributed by atoms with E-state index in [9.17, 15) is 9.59 Å². The molecule has 1 unspecified atom stereocenters. The average molecular weight is 215 g/mol. The number of carbonyl (C=O) groups excluding carboxylic acids is 2. The first kappa shape index (κ1) is 13.9. The molecule has 0 saturated heterocycles. The predicted molar refractivity (Wildman–Crippen MR) is 59.4 cm³/mol. The lowest BCUT2D eigenvalue weighted by molar-refractivity contribution is -0.123. The van der Waals surface area contributed by atoms with Crippen molar-refractivity contribution < 1.29 is 9.59 Å². The minimum absolute atomic E-state index is 0.0763. The lowest BCUT2D eigenvalue weighted by atomic mass is 10.2. The van der Waals surface area contributed by atoms with Gasteiger partial charge in [0, 0.05) is 13.6 Å². The maximum absolute atomic E-state index is 11.4. The largest absolute Gasteiger partial charge is 0.358 e. The Hall–Kier alpha value is -1.10. The van der Waals surface area contributed by atoms with E-state index in [0.717, 1.165) is 0 Å². The summed E-state index contributed by atoms with van der Waals surface area (Å²) in [5.41, 5.74) is 0. The maximum atomic E-state index is 11.4. The van der Waals surface area contributed by atoms with Crippen LogP contribution in [0.1, 0.15) is 20.8 Å². The number of hydrogen-bond donors (Lipinski definition) is 3. The van der Waals surface area contributed by atoms with Gasteiger partial charge in [-0.15, -0.1) is 0 Å². The number of amides is 2. The Morgan fingerprint density at radius 1 is 1.20 bits per heavy atom. The quantitative estimate of drug-likeness (QED) is 0.558. The van der Waals surface area contributed by atoms with E-state index in [1.54, 1.807) is 14.0 Å². The molecule has 1 atom stereocenters. The van der Waals surface area contributed by atoms with Gasteiger partial charge in [-0.25, -0.2) is 0 Å². The van der Waals surface area contributed by atoms with Crippen molar-refractivity contribution >= 4 is 11.8 Å². The summed E-state index contributed by atoms with van der Waals surface area (Å²) in [7, 11) is 1.56. The summed E-state index contributed by atoms with van der Waals surface area (Å²) in [5, 5.41) is 8.10. The van der Waals surface area contributed by atoms with Crippen molar-refractivity contribution in [2.24, 2.45) is 5.92 Å². The summed E-state index contributed by atoms with van der Waals surface area (Å²) in [6.07, 6.45) is 0. The van der Waals surface area contributed by atoms with Gasteiger partial charge < -0.3 is 10.6 Å². The van der Waals surface area contributed by atoms with E-state index in [0.29, 0.717) is 12.5 Å². The van der Waals surface area contributed by atoms with Crippen LogP contribution >= 0.6 is 0 Å². The molecule has 5 nitrogen and oxygen atoms in total. The minimum atomic E-state index is -0.346. The molecule has 2 amide bonds. The standard InChI is InChI=1S/C10H21N3O2/c1-7(2)5-13-10(15)8(3)12-6-9(14)11-4/h7-8,12H,5-6H2,1-4H3,(H,11,14)(H,13,15). The van der Waals surface area contributed by atoms with E-state index in [1.165, 1.54) is 0 Å². The number of likely N-dealkylation sites (N-methyl/N-ethyl adjacent to an activating group) is 1. The molecule has 0 fully saturated rings. The fraction of sp³-hybridized carbons (Fsp3) is 0.800. The van der Waals surface area contributed by atoms with Crippen LogP contribution in [-0.4, -0.2) is 38.0 Å². The molecular formula is C10H21N3O2. The summed E-state index contributed by atoms with van der Waals surface area (Å²) >= 11 is 0. The highest BCUT2D eigenvalue weighted by atomic mass is 16.2. The first-order valence-electron chi connectivity index (χ1n) is 5.19. The fourth-order valence-corrected chi connectivity index (χ4v) is 0.885. The third-order valence-corrected chi connectivity index (χ3v) is 1.93. The molecular weight excluding hydrogens is 194 g/mol. The molecule has 0 aliphatic rings. The van der Waals surface area contributed by atoms with Crippen LogP contribution in [0.3, 0.4) is 0 Å². The zero-order valence-corrected chi connectivity index (χ0v) is 9.89. The molecule has 15 heavy (non-hydrogen) atoms. The molecule has 0 aliphatic heterocycles. The van der Waals surface area contributed by atoms with Gasteiger partial charge >= 0.3 is 0 Å². The van der Waals surface area contributed by atoms with E-state index in [1.807, 2.05) is 13.8 Å². The van der Waals surface area contributed by atoms with Gasteiger partial charge in [0.25, 0.3) is 0 Å². The molecule has 0 heterocycles. The van der Waals surface area contributed by atoms with Gasteiger partial charge in [0.05, 0.1) is 12.6 Å². The summed E-state index contributed by atoms with van der Waals surface area (Å²) in [4.78, 5) is 22.3. The van der Waals surface area contributed by atoms with E-state index in [-0.39, 0.29) is 24.4 Å². The van der Waals surface area contributed by atoms with Crippen LogP contribution in [0, 0.1) is 5.92 Å². The van der Waals surface area contributed by atoms with Crippen LogP contribution < -0.4 is 16.0 Å². The highest BCUT2D eigenvalue weighted by molar-refractivity contribution is 5.83. The Morgan fingerprint density at radius 2 is 1.80 bits per heavy atom. The van der Waals surface area contributed by atoms with Crippen LogP contribution in [0.15, 0.2) is 0 Å². The van der Waals surface area contributed by atoms with Crippen LogP contribution in [0.5, 0.6) is 0 Å². The van der Waals surface area contributed by atoms with Crippen LogP contribution in [0.4, 0.5) is 0 Å². The molecule has 88 valence electrons. The maximum Gasteiger partial charge on any atom is 0.236 e. The van der Waals surface area contributed by atoms with Gasteiger partial charge in [-0.3, -0.25) is 14.9 Å². The van der Waals surface area contributed by atoms with Gasteiger partial charge in [-0.2, -0.15) is 0 Å². The molecule has 0 aromatic rings. The number of hydrogen-bond acceptors (Lipinski definition) is 3. The van der Waals surface area contributed by atoms with Crippen molar-refractivity contribution in [3.05, 3.63) is 0 Å². The van der Waals surface area contributed by atoms with E-state index < -0.39 is 0 Å². The Kier molecular flexibility index (Phi) is 6.70. The summed E-state index contributed by atoms with van der Waals surface area (Å²) in [6, 6.07) is -0.346. The van der Waals surface area contributed by atoms with Gasteiger partial charge in [0.1, 0.15) is 0 Å². The monoisotopic (exact) mass is 215 g/mol. The second-order valence-electron chi connectivity index (χ2n) is 3.91. The summed E-state index contributed by atoms with van der Waals surface area (Å²) in [5.74, 6) is 0.228. The van der Waals surface area contributed by atoms with Crippen LogP contribution in [0.25, 0.3) is 0 Å². The molecule has 0 bridgehead atoms. The fourth-order valence-electron chi connectivity index (χ4n) is 0.885. The molecule has 0 saturated carbocycles. The second-order valence-corrected chi connectivity index (χ2v) is 3.91. The van der Waals surface area contributed by atoms with Crippen LogP contribution in [-0.2, 0) is 9.59 Å². The molecule has 3 N–H and O–H groups in total. The van der Waals surface area contributed by atoms with Gasteiger partial charge in [0.15, 0.2) is 0 Å². The van der Waals surface area contributed by atoms with E-state index in [4.69, 9.17) is 0 Å². The van der Waals surface area contributed by atoms with Crippen molar-refractivity contribution in [3.8, 4) is 0 Å². The van der Waals surface area contributed by atoms with E-state index >= 15 is 0 Å². The van der Waals surface area contributed by atoms with Gasteiger partial charge in [-0.1, -0.05) is 13.8 Å². The highest BCUT2D eigenvalue weighted by Crippen LogP contribution is 1.88. The first-order valence-corrected chi connectivity index (χ1v) is 5.19. The molecule has 0 rings (SSSR count). The first-order chi connectivity index (χ1) is 6.97. The Morgan fingerprint density at radius 3 is 2.27 bits per heavy atom. The Bertz CT molecular complexity index is 217. The van der Waals surface area contributed by atoms with Crippen molar-refractivity contribution in [3.63, 3.8) is 0 Å². The highest BCUT2D eigenvalue weighted by Gasteiger charge is 2.12. The lowest BCUT2D eigenvalue weighted by Gasteiger charge is -2.14. The minimum Gasteiger partial charge on any atom is -0.358 e.